The highest BCUT2D eigenvalue weighted by atomic mass is 79.9. The molecule has 0 aliphatic carbocycles. The van der Waals surface area contributed by atoms with Crippen LogP contribution in [0.4, 0.5) is 5.13 Å². The summed E-state index contributed by atoms with van der Waals surface area (Å²) < 4.78 is 10.3. The van der Waals surface area contributed by atoms with E-state index in [2.05, 4.69) is 51.0 Å². The number of halogens is 1. The second-order valence-corrected chi connectivity index (χ2v) is 7.42. The number of alkyl halides is 1. The lowest BCUT2D eigenvalue weighted by Crippen LogP contribution is -2.37. The first-order valence-electron chi connectivity index (χ1n) is 6.77. The third-order valence-electron chi connectivity index (χ3n) is 3.23. The van der Waals surface area contributed by atoms with E-state index in [0.717, 1.165) is 48.8 Å². The van der Waals surface area contributed by atoms with Crippen molar-refractivity contribution in [3.63, 3.8) is 0 Å². The van der Waals surface area contributed by atoms with Crippen molar-refractivity contribution < 1.29 is 4.74 Å². The Morgan fingerprint density at radius 2 is 2.05 bits per heavy atom. The van der Waals surface area contributed by atoms with Gasteiger partial charge in [0.25, 0.3) is 0 Å². The normalized spacial score (nSPS) is 18.0. The molecule has 2 rings (SSSR count). The fourth-order valence-electron chi connectivity index (χ4n) is 2.07. The number of rotatable bonds is 4. The molecule has 1 saturated heterocycles. The summed E-state index contributed by atoms with van der Waals surface area (Å²) in [4.78, 5) is 7.01. The van der Waals surface area contributed by atoms with E-state index < -0.39 is 0 Å². The van der Waals surface area contributed by atoms with E-state index in [-0.39, 0.29) is 5.41 Å². The molecule has 1 fully saturated rings. The lowest BCUT2D eigenvalue weighted by Gasteiger charge is -2.31. The van der Waals surface area contributed by atoms with Gasteiger partial charge in [-0.15, -0.1) is 0 Å². The third-order valence-corrected chi connectivity index (χ3v) is 4.33. The second kappa shape index (κ2) is 6.50. The van der Waals surface area contributed by atoms with Crippen LogP contribution in [0.25, 0.3) is 0 Å². The molecule has 0 amide bonds. The molecule has 2 heterocycles. The molecule has 0 atom stereocenters. The lowest BCUT2D eigenvalue weighted by atomic mass is 9.96. The van der Waals surface area contributed by atoms with Crippen LogP contribution in [0.5, 0.6) is 0 Å². The minimum Gasteiger partial charge on any atom is -0.377 e. The fourth-order valence-corrected chi connectivity index (χ4v) is 3.17. The maximum Gasteiger partial charge on any atom is 0.205 e. The zero-order valence-electron chi connectivity index (χ0n) is 11.9. The van der Waals surface area contributed by atoms with Crippen LogP contribution in [0.2, 0.25) is 0 Å². The molecule has 0 aromatic carbocycles. The van der Waals surface area contributed by atoms with Crippen molar-refractivity contribution in [2.24, 2.45) is 0 Å². The summed E-state index contributed by atoms with van der Waals surface area (Å²) in [6, 6.07) is 0. The van der Waals surface area contributed by atoms with Crippen molar-refractivity contribution in [2.75, 3.05) is 29.9 Å². The standard InChI is InChI=1S/C13H22BrN3OS/c1-13(2,3)11-15-12(19-16-11)17-7-4-10(5-8-17)18-9-6-14/h10H,4-9H2,1-3H3. The van der Waals surface area contributed by atoms with Crippen molar-refractivity contribution in [3.8, 4) is 0 Å². The average molecular weight is 348 g/mol. The molecule has 1 aromatic rings. The molecule has 0 N–H and O–H groups in total. The Kier molecular flexibility index (Phi) is 5.20. The van der Waals surface area contributed by atoms with Gasteiger partial charge in [0.2, 0.25) is 5.13 Å². The second-order valence-electron chi connectivity index (χ2n) is 5.90. The molecule has 0 spiro atoms. The number of hydrogen-bond acceptors (Lipinski definition) is 5. The molecule has 108 valence electrons. The Morgan fingerprint density at radius 3 is 2.58 bits per heavy atom. The van der Waals surface area contributed by atoms with E-state index in [1.165, 1.54) is 11.5 Å². The number of nitrogens with zero attached hydrogens (tertiary/aromatic N) is 3. The van der Waals surface area contributed by atoms with Crippen LogP contribution in [0, 0.1) is 0 Å². The van der Waals surface area contributed by atoms with Crippen LogP contribution < -0.4 is 4.90 Å². The number of hydrogen-bond donors (Lipinski definition) is 0. The summed E-state index contributed by atoms with van der Waals surface area (Å²) in [6.07, 6.45) is 2.57. The monoisotopic (exact) mass is 347 g/mol. The largest absolute Gasteiger partial charge is 0.377 e. The van der Waals surface area contributed by atoms with Crippen LogP contribution in [0.3, 0.4) is 0 Å². The van der Waals surface area contributed by atoms with E-state index in [9.17, 15) is 0 Å². The molecule has 19 heavy (non-hydrogen) atoms. The first kappa shape index (κ1) is 15.2. The molecule has 1 aliphatic heterocycles. The number of ether oxygens (including phenoxy) is 1. The van der Waals surface area contributed by atoms with E-state index in [1.54, 1.807) is 0 Å². The van der Waals surface area contributed by atoms with E-state index >= 15 is 0 Å². The summed E-state index contributed by atoms with van der Waals surface area (Å²) in [6.45, 7) is 9.30. The molecule has 0 bridgehead atoms. The number of aromatic nitrogens is 2. The summed E-state index contributed by atoms with van der Waals surface area (Å²) in [5.74, 6) is 0.949. The molecular formula is C13H22BrN3OS. The molecule has 0 unspecified atom stereocenters. The maximum absolute atomic E-state index is 5.77. The van der Waals surface area contributed by atoms with Gasteiger partial charge >= 0.3 is 0 Å². The average Bonchev–Trinajstić information content (AvgIpc) is 2.86. The van der Waals surface area contributed by atoms with Gasteiger partial charge in [-0.05, 0) is 12.8 Å². The van der Waals surface area contributed by atoms with E-state index in [4.69, 9.17) is 4.74 Å². The number of anilines is 1. The first-order chi connectivity index (χ1) is 9.00. The molecule has 0 saturated carbocycles. The highest BCUT2D eigenvalue weighted by Gasteiger charge is 2.25. The van der Waals surface area contributed by atoms with Gasteiger partial charge in [0.15, 0.2) is 0 Å². The van der Waals surface area contributed by atoms with Gasteiger partial charge in [-0.3, -0.25) is 0 Å². The van der Waals surface area contributed by atoms with Crippen molar-refractivity contribution in [2.45, 2.75) is 45.1 Å². The Balaban J connectivity index is 1.89. The van der Waals surface area contributed by atoms with Crippen molar-refractivity contribution >= 4 is 32.6 Å². The number of piperidine rings is 1. The van der Waals surface area contributed by atoms with Gasteiger partial charge in [0.05, 0.1) is 12.7 Å². The molecule has 0 radical (unpaired) electrons. The van der Waals surface area contributed by atoms with Crippen LogP contribution in [-0.4, -0.2) is 40.5 Å². The topological polar surface area (TPSA) is 38.2 Å². The van der Waals surface area contributed by atoms with Crippen LogP contribution in [0.1, 0.15) is 39.4 Å². The van der Waals surface area contributed by atoms with Crippen molar-refractivity contribution in [1.82, 2.24) is 9.36 Å². The van der Waals surface area contributed by atoms with Gasteiger partial charge in [-0.1, -0.05) is 36.7 Å². The Labute approximate surface area is 127 Å². The predicted octanol–water partition coefficient (Wildman–Crippen LogP) is 3.22. The predicted molar refractivity (Wildman–Crippen MR) is 83.6 cm³/mol. The summed E-state index contributed by atoms with van der Waals surface area (Å²) >= 11 is 4.91. The molecule has 1 aliphatic rings. The Morgan fingerprint density at radius 1 is 1.37 bits per heavy atom. The Bertz CT molecular complexity index is 397. The lowest BCUT2D eigenvalue weighted by molar-refractivity contribution is 0.0481. The van der Waals surface area contributed by atoms with Crippen molar-refractivity contribution in [3.05, 3.63) is 5.82 Å². The van der Waals surface area contributed by atoms with Crippen LogP contribution in [0.15, 0.2) is 0 Å². The zero-order chi connectivity index (χ0) is 13.9. The highest BCUT2D eigenvalue weighted by molar-refractivity contribution is 9.09. The summed E-state index contributed by atoms with van der Waals surface area (Å²) in [7, 11) is 0. The third kappa shape index (κ3) is 4.13. The first-order valence-corrected chi connectivity index (χ1v) is 8.67. The van der Waals surface area contributed by atoms with Gasteiger partial charge in [0, 0.05) is 35.4 Å². The molecule has 4 nitrogen and oxygen atoms in total. The van der Waals surface area contributed by atoms with Crippen LogP contribution >= 0.6 is 27.5 Å². The quantitative estimate of drug-likeness (QED) is 0.783. The highest BCUT2D eigenvalue weighted by Crippen LogP contribution is 2.27. The Hall–Kier alpha value is -0.200. The maximum atomic E-state index is 5.77. The SMILES string of the molecule is CC(C)(C)c1nsc(N2CCC(OCCBr)CC2)n1. The smallest absolute Gasteiger partial charge is 0.205 e. The summed E-state index contributed by atoms with van der Waals surface area (Å²) in [5.41, 5.74) is 0.0338. The minimum atomic E-state index is 0.0338. The molecule has 6 heteroatoms. The van der Waals surface area contributed by atoms with Gasteiger partial charge in [-0.25, -0.2) is 4.98 Å². The van der Waals surface area contributed by atoms with E-state index in [0.29, 0.717) is 6.10 Å². The molecule has 1 aromatic heterocycles. The van der Waals surface area contributed by atoms with Gasteiger partial charge < -0.3 is 9.64 Å². The van der Waals surface area contributed by atoms with Gasteiger partial charge in [-0.2, -0.15) is 4.37 Å². The van der Waals surface area contributed by atoms with Gasteiger partial charge in [0.1, 0.15) is 5.82 Å². The minimum absolute atomic E-state index is 0.0338. The zero-order valence-corrected chi connectivity index (χ0v) is 14.3. The fraction of sp³-hybridized carbons (Fsp3) is 0.846. The summed E-state index contributed by atoms with van der Waals surface area (Å²) in [5, 5.41) is 1.97. The van der Waals surface area contributed by atoms with Crippen molar-refractivity contribution in [1.29, 1.82) is 0 Å². The molecular weight excluding hydrogens is 326 g/mol. The van der Waals surface area contributed by atoms with Crippen LogP contribution in [-0.2, 0) is 10.2 Å². The van der Waals surface area contributed by atoms with E-state index in [1.807, 2.05) is 0 Å².